The molecule has 0 aliphatic heterocycles. The fourth-order valence-electron chi connectivity index (χ4n) is 3.62. The van der Waals surface area contributed by atoms with E-state index in [1.54, 1.807) is 18.2 Å². The van der Waals surface area contributed by atoms with Crippen LogP contribution in [-0.2, 0) is 16.1 Å². The van der Waals surface area contributed by atoms with Gasteiger partial charge in [-0.1, -0.05) is 37.7 Å². The molecule has 13 heteroatoms. The zero-order valence-corrected chi connectivity index (χ0v) is 22.2. The minimum absolute atomic E-state index is 0.0347. The molecule has 1 atom stereocenters. The van der Waals surface area contributed by atoms with Gasteiger partial charge in [0.25, 0.3) is 11.6 Å². The number of benzene rings is 2. The molecule has 38 heavy (non-hydrogen) atoms. The molecule has 2 aromatic carbocycles. The van der Waals surface area contributed by atoms with Gasteiger partial charge in [-0.3, -0.25) is 19.7 Å². The average Bonchev–Trinajstić information content (AvgIpc) is 3.32. The molecule has 3 aromatic rings. The second-order valence-electron chi connectivity index (χ2n) is 8.50. The Labute approximate surface area is 223 Å². The van der Waals surface area contributed by atoms with Gasteiger partial charge in [-0.2, -0.15) is 0 Å². The summed E-state index contributed by atoms with van der Waals surface area (Å²) < 4.78 is 6.52. The first kappa shape index (κ1) is 28.3. The van der Waals surface area contributed by atoms with Gasteiger partial charge in [-0.25, -0.2) is 4.79 Å². The van der Waals surface area contributed by atoms with Crippen LogP contribution in [0.4, 0.5) is 11.4 Å². The number of anilines is 1. The minimum atomic E-state index is -0.556. The van der Waals surface area contributed by atoms with Crippen LogP contribution in [0.1, 0.15) is 53.4 Å². The number of nitrogens with one attached hydrogen (secondary N) is 2. The number of thioether (sulfide) groups is 1. The maximum absolute atomic E-state index is 12.9. The number of nitrogens with zero attached hydrogens (tertiary/aromatic N) is 4. The van der Waals surface area contributed by atoms with Crippen molar-refractivity contribution in [3.8, 4) is 0 Å². The summed E-state index contributed by atoms with van der Waals surface area (Å²) in [7, 11) is 1.28. The normalized spacial score (nSPS) is 11.6. The van der Waals surface area contributed by atoms with Gasteiger partial charge in [0, 0.05) is 29.9 Å². The lowest BCUT2D eigenvalue weighted by molar-refractivity contribution is -0.384. The van der Waals surface area contributed by atoms with E-state index >= 15 is 0 Å². The maximum atomic E-state index is 12.9. The van der Waals surface area contributed by atoms with Gasteiger partial charge in [0.15, 0.2) is 11.0 Å². The molecule has 0 saturated heterocycles. The van der Waals surface area contributed by atoms with Gasteiger partial charge in [0.05, 0.1) is 29.4 Å². The molecule has 0 saturated carbocycles. The second kappa shape index (κ2) is 12.8. The first-order valence-electron chi connectivity index (χ1n) is 11.7. The molecular weight excluding hydrogens is 512 g/mol. The summed E-state index contributed by atoms with van der Waals surface area (Å²) in [6.07, 6.45) is 0. The van der Waals surface area contributed by atoms with Gasteiger partial charge < -0.3 is 19.9 Å². The summed E-state index contributed by atoms with van der Waals surface area (Å²) in [5.74, 6) is -0.807. The van der Waals surface area contributed by atoms with Gasteiger partial charge in [0.2, 0.25) is 5.91 Å². The Morgan fingerprint density at radius 3 is 2.47 bits per heavy atom. The zero-order chi connectivity index (χ0) is 27.8. The van der Waals surface area contributed by atoms with E-state index in [-0.39, 0.29) is 28.8 Å². The summed E-state index contributed by atoms with van der Waals surface area (Å²) in [4.78, 5) is 47.7. The van der Waals surface area contributed by atoms with E-state index in [4.69, 9.17) is 4.74 Å². The molecule has 200 valence electrons. The molecule has 0 aliphatic rings. The zero-order valence-electron chi connectivity index (χ0n) is 21.3. The van der Waals surface area contributed by atoms with Crippen LogP contribution in [0, 0.1) is 16.0 Å². The van der Waals surface area contributed by atoms with Gasteiger partial charge >= 0.3 is 5.97 Å². The molecule has 0 bridgehead atoms. The third-order valence-corrected chi connectivity index (χ3v) is 6.48. The Bertz CT molecular complexity index is 1340. The topological polar surface area (TPSA) is 158 Å². The maximum Gasteiger partial charge on any atom is 0.337 e. The molecule has 12 nitrogen and oxygen atoms in total. The molecule has 0 fully saturated rings. The third-order valence-electron chi connectivity index (χ3n) is 5.51. The van der Waals surface area contributed by atoms with Crippen LogP contribution in [0.25, 0.3) is 0 Å². The van der Waals surface area contributed by atoms with Crippen LogP contribution >= 0.6 is 11.8 Å². The molecule has 0 aliphatic carbocycles. The van der Waals surface area contributed by atoms with Crippen molar-refractivity contribution in [1.29, 1.82) is 0 Å². The molecular formula is C25H28N6O6S. The van der Waals surface area contributed by atoms with E-state index in [2.05, 4.69) is 20.8 Å². The summed E-state index contributed by atoms with van der Waals surface area (Å²) >= 11 is 1.18. The van der Waals surface area contributed by atoms with Crippen molar-refractivity contribution in [1.82, 2.24) is 20.1 Å². The van der Waals surface area contributed by atoms with Crippen molar-refractivity contribution in [2.24, 2.45) is 5.92 Å². The van der Waals surface area contributed by atoms with E-state index in [9.17, 15) is 24.5 Å². The van der Waals surface area contributed by atoms with Crippen molar-refractivity contribution in [3.05, 3.63) is 75.6 Å². The molecule has 0 unspecified atom stereocenters. The SMILES string of the molecule is CCn1c(SCC(=O)Nc2cccc(C(=O)OC)c2)nnc1[C@@H](NC(=O)c1cccc([N+](=O)[O-])c1)C(C)C. The number of methoxy groups -OCH3 is 1. The monoisotopic (exact) mass is 540 g/mol. The third kappa shape index (κ3) is 6.94. The number of ether oxygens (including phenoxy) is 1. The number of nitro benzene ring substituents is 1. The molecule has 3 rings (SSSR count). The minimum Gasteiger partial charge on any atom is -0.465 e. The summed E-state index contributed by atoms with van der Waals surface area (Å²) in [6, 6.07) is 11.4. The van der Waals surface area contributed by atoms with Crippen LogP contribution < -0.4 is 10.6 Å². The first-order chi connectivity index (χ1) is 18.1. The van der Waals surface area contributed by atoms with Crippen LogP contribution in [0.5, 0.6) is 0 Å². The predicted molar refractivity (Wildman–Crippen MR) is 141 cm³/mol. The van der Waals surface area contributed by atoms with Gasteiger partial charge in [0.1, 0.15) is 0 Å². The number of carbonyl (C=O) groups excluding carboxylic acids is 3. The largest absolute Gasteiger partial charge is 0.465 e. The number of hydrogen-bond acceptors (Lipinski definition) is 9. The van der Waals surface area contributed by atoms with Crippen molar-refractivity contribution in [2.75, 3.05) is 18.2 Å². The summed E-state index contributed by atoms with van der Waals surface area (Å²) in [6.45, 7) is 6.21. The lowest BCUT2D eigenvalue weighted by Crippen LogP contribution is -2.33. The molecule has 1 heterocycles. The number of non-ortho nitro benzene ring substituents is 1. The predicted octanol–water partition coefficient (Wildman–Crippen LogP) is 3.85. The van der Waals surface area contributed by atoms with Crippen molar-refractivity contribution in [3.63, 3.8) is 0 Å². The number of amides is 2. The molecule has 2 N–H and O–H groups in total. The summed E-state index contributed by atoms with van der Waals surface area (Å²) in [5.41, 5.74) is 0.763. The molecule has 0 spiro atoms. The van der Waals surface area contributed by atoms with E-state index in [0.717, 1.165) is 0 Å². The van der Waals surface area contributed by atoms with Gasteiger partial charge in [-0.15, -0.1) is 10.2 Å². The molecule has 2 amide bonds. The van der Waals surface area contributed by atoms with Crippen molar-refractivity contribution < 1.29 is 24.0 Å². The Balaban J connectivity index is 1.71. The highest BCUT2D eigenvalue weighted by atomic mass is 32.2. The number of aromatic nitrogens is 3. The Morgan fingerprint density at radius 2 is 1.82 bits per heavy atom. The number of hydrogen-bond donors (Lipinski definition) is 2. The number of nitro groups is 1. The second-order valence-corrected chi connectivity index (χ2v) is 9.44. The standard InChI is InChI=1S/C25H28N6O6S/c1-5-30-22(21(15(2)3)27-23(33)16-8-7-11-19(13-16)31(35)36)28-29-25(30)38-14-20(32)26-18-10-6-9-17(12-18)24(34)37-4/h6-13,15,21H,5,14H2,1-4H3,(H,26,32)(H,27,33)/t21-/m0/s1. The highest BCUT2D eigenvalue weighted by molar-refractivity contribution is 7.99. The highest BCUT2D eigenvalue weighted by Crippen LogP contribution is 2.26. The van der Waals surface area contributed by atoms with E-state index in [0.29, 0.717) is 28.8 Å². The Kier molecular flexibility index (Phi) is 9.55. The van der Waals surface area contributed by atoms with Crippen LogP contribution in [-0.4, -0.2) is 50.3 Å². The number of carbonyl (C=O) groups is 3. The number of rotatable bonds is 11. The van der Waals surface area contributed by atoms with E-state index in [1.165, 1.54) is 49.2 Å². The smallest absolute Gasteiger partial charge is 0.337 e. The van der Waals surface area contributed by atoms with E-state index in [1.807, 2.05) is 25.3 Å². The van der Waals surface area contributed by atoms with Crippen molar-refractivity contribution >= 4 is 40.9 Å². The highest BCUT2D eigenvalue weighted by Gasteiger charge is 2.26. The fourth-order valence-corrected chi connectivity index (χ4v) is 4.43. The van der Waals surface area contributed by atoms with Crippen LogP contribution in [0.15, 0.2) is 53.7 Å². The van der Waals surface area contributed by atoms with Crippen LogP contribution in [0.2, 0.25) is 0 Å². The average molecular weight is 541 g/mol. The van der Waals surface area contributed by atoms with Gasteiger partial charge in [-0.05, 0) is 37.1 Å². The Morgan fingerprint density at radius 1 is 1.11 bits per heavy atom. The number of esters is 1. The lowest BCUT2D eigenvalue weighted by Gasteiger charge is -2.22. The Hall–Kier alpha value is -4.26. The van der Waals surface area contributed by atoms with E-state index < -0.39 is 22.8 Å². The first-order valence-corrected chi connectivity index (χ1v) is 12.7. The van der Waals surface area contributed by atoms with Crippen molar-refractivity contribution in [2.45, 2.75) is 38.5 Å². The summed E-state index contributed by atoms with van der Waals surface area (Å²) in [5, 5.41) is 25.8. The van der Waals surface area contributed by atoms with Crippen LogP contribution in [0.3, 0.4) is 0 Å². The quantitative estimate of drug-likeness (QED) is 0.159. The fraction of sp³-hybridized carbons (Fsp3) is 0.320. The molecule has 0 radical (unpaired) electrons. The lowest BCUT2D eigenvalue weighted by atomic mass is 10.0. The molecule has 1 aromatic heterocycles.